The number of hydrogen-bond donors (Lipinski definition) is 1. The van der Waals surface area contributed by atoms with Crippen molar-refractivity contribution in [2.75, 3.05) is 39.3 Å². The van der Waals surface area contributed by atoms with Gasteiger partial charge >= 0.3 is 0 Å². The van der Waals surface area contributed by atoms with E-state index in [1.165, 1.54) is 0 Å². The topological polar surface area (TPSA) is 61.9 Å². The van der Waals surface area contributed by atoms with Gasteiger partial charge in [-0.2, -0.15) is 4.31 Å². The van der Waals surface area contributed by atoms with E-state index < -0.39 is 10.0 Å². The molecule has 0 spiro atoms. The van der Waals surface area contributed by atoms with Gasteiger partial charge in [0.1, 0.15) is 0 Å². The Labute approximate surface area is 167 Å². The number of benzene rings is 1. The van der Waals surface area contributed by atoms with Gasteiger partial charge in [0.05, 0.1) is 11.0 Å². The summed E-state index contributed by atoms with van der Waals surface area (Å²) in [5.74, 6) is 0. The molecule has 27 heavy (non-hydrogen) atoms. The number of ether oxygens (including phenoxy) is 1. The molecule has 150 valence electrons. The van der Waals surface area contributed by atoms with E-state index in [-0.39, 0.29) is 6.10 Å². The average molecular weight is 412 g/mol. The maximum atomic E-state index is 13.2. The SMILES string of the molecule is Cc1cc(C)c(S(=O)(=O)N2CCN(C(=S)NC[C@H]3CCCO3)CC2)c(C)c1. The Balaban J connectivity index is 1.60. The molecule has 0 bridgehead atoms. The highest BCUT2D eigenvalue weighted by Crippen LogP contribution is 2.26. The van der Waals surface area contributed by atoms with Crippen LogP contribution in [0.15, 0.2) is 17.0 Å². The molecule has 1 aromatic rings. The number of nitrogens with one attached hydrogen (secondary N) is 1. The van der Waals surface area contributed by atoms with Gasteiger partial charge in [-0.3, -0.25) is 0 Å². The summed E-state index contributed by atoms with van der Waals surface area (Å²) in [5, 5.41) is 3.95. The molecular formula is C19H29N3O3S2. The molecule has 0 amide bonds. The summed E-state index contributed by atoms with van der Waals surface area (Å²) in [5.41, 5.74) is 2.70. The highest BCUT2D eigenvalue weighted by Gasteiger charge is 2.31. The van der Waals surface area contributed by atoms with Crippen molar-refractivity contribution in [1.82, 2.24) is 14.5 Å². The van der Waals surface area contributed by atoms with Gasteiger partial charge in [-0.15, -0.1) is 0 Å². The summed E-state index contributed by atoms with van der Waals surface area (Å²) < 4.78 is 33.5. The van der Waals surface area contributed by atoms with Crippen LogP contribution in [0.5, 0.6) is 0 Å². The number of rotatable bonds is 4. The number of sulfonamides is 1. The van der Waals surface area contributed by atoms with Crippen LogP contribution in [-0.2, 0) is 14.8 Å². The van der Waals surface area contributed by atoms with Crippen molar-refractivity contribution in [3.63, 3.8) is 0 Å². The highest BCUT2D eigenvalue weighted by molar-refractivity contribution is 7.89. The number of thiocarbonyl (C=S) groups is 1. The van der Waals surface area contributed by atoms with E-state index in [0.29, 0.717) is 36.2 Å². The minimum atomic E-state index is -3.49. The minimum absolute atomic E-state index is 0.233. The summed E-state index contributed by atoms with van der Waals surface area (Å²) in [6.07, 6.45) is 2.40. The first-order valence-electron chi connectivity index (χ1n) is 9.51. The van der Waals surface area contributed by atoms with Crippen molar-refractivity contribution in [1.29, 1.82) is 0 Å². The second-order valence-corrected chi connectivity index (χ2v) is 9.70. The lowest BCUT2D eigenvalue weighted by Gasteiger charge is -2.36. The van der Waals surface area contributed by atoms with Crippen LogP contribution in [-0.4, -0.2) is 68.2 Å². The first kappa shape index (κ1) is 20.5. The Morgan fingerprint density at radius 1 is 1.19 bits per heavy atom. The van der Waals surface area contributed by atoms with Crippen LogP contribution in [0.3, 0.4) is 0 Å². The molecule has 1 atom stereocenters. The maximum Gasteiger partial charge on any atom is 0.243 e. The normalized spacial score (nSPS) is 21.4. The summed E-state index contributed by atoms with van der Waals surface area (Å²) in [6, 6.07) is 3.86. The third kappa shape index (κ3) is 4.62. The fraction of sp³-hybridized carbons (Fsp3) is 0.632. The van der Waals surface area contributed by atoms with Crippen LogP contribution in [0.1, 0.15) is 29.5 Å². The quantitative estimate of drug-likeness (QED) is 0.765. The molecule has 2 heterocycles. The van der Waals surface area contributed by atoms with E-state index in [9.17, 15) is 8.42 Å². The standard InChI is InChI=1S/C19H29N3O3S2/c1-14-11-15(2)18(16(3)12-14)27(23,24)22-8-6-21(7-9-22)19(26)20-13-17-5-4-10-25-17/h11-12,17H,4-10,13H2,1-3H3,(H,20,26)/t17-/m1/s1. The van der Waals surface area contributed by atoms with Gasteiger partial charge < -0.3 is 15.0 Å². The number of nitrogens with zero attached hydrogens (tertiary/aromatic N) is 2. The molecule has 1 aromatic carbocycles. The van der Waals surface area contributed by atoms with Crippen molar-refractivity contribution in [2.45, 2.75) is 44.6 Å². The van der Waals surface area contributed by atoms with Crippen molar-refractivity contribution in [3.8, 4) is 0 Å². The third-order valence-electron chi connectivity index (χ3n) is 5.23. The lowest BCUT2D eigenvalue weighted by Crippen LogP contribution is -2.53. The molecular weight excluding hydrogens is 382 g/mol. The van der Waals surface area contributed by atoms with Gasteiger partial charge in [0.15, 0.2) is 5.11 Å². The number of aryl methyl sites for hydroxylation is 3. The molecule has 0 aromatic heterocycles. The van der Waals surface area contributed by atoms with Crippen molar-refractivity contribution in [2.24, 2.45) is 0 Å². The molecule has 8 heteroatoms. The Kier molecular flexibility index (Phi) is 6.40. The first-order valence-corrected chi connectivity index (χ1v) is 11.4. The highest BCUT2D eigenvalue weighted by atomic mass is 32.2. The van der Waals surface area contributed by atoms with Crippen LogP contribution in [0.25, 0.3) is 0 Å². The predicted molar refractivity (Wildman–Crippen MR) is 111 cm³/mol. The summed E-state index contributed by atoms with van der Waals surface area (Å²) in [4.78, 5) is 2.49. The Morgan fingerprint density at radius 3 is 2.37 bits per heavy atom. The zero-order valence-corrected chi connectivity index (χ0v) is 18.0. The summed E-state index contributed by atoms with van der Waals surface area (Å²) >= 11 is 5.48. The van der Waals surface area contributed by atoms with E-state index in [2.05, 4.69) is 5.32 Å². The number of piperazine rings is 1. The van der Waals surface area contributed by atoms with Crippen LogP contribution >= 0.6 is 12.2 Å². The van der Waals surface area contributed by atoms with Gasteiger partial charge in [-0.05, 0) is 57.0 Å². The van der Waals surface area contributed by atoms with Crippen LogP contribution in [0.4, 0.5) is 0 Å². The first-order chi connectivity index (χ1) is 12.8. The van der Waals surface area contributed by atoms with Crippen LogP contribution in [0, 0.1) is 20.8 Å². The monoisotopic (exact) mass is 411 g/mol. The predicted octanol–water partition coefficient (Wildman–Crippen LogP) is 1.97. The molecule has 0 radical (unpaired) electrons. The molecule has 2 fully saturated rings. The van der Waals surface area contributed by atoms with Crippen molar-refractivity contribution >= 4 is 27.4 Å². The Morgan fingerprint density at radius 2 is 1.81 bits per heavy atom. The Bertz CT molecular complexity index is 773. The van der Waals surface area contributed by atoms with Crippen LogP contribution < -0.4 is 5.32 Å². The molecule has 0 aliphatic carbocycles. The van der Waals surface area contributed by atoms with Gasteiger partial charge in [0.2, 0.25) is 10.0 Å². The molecule has 3 rings (SSSR count). The van der Waals surface area contributed by atoms with Gasteiger partial charge in [-0.1, -0.05) is 17.7 Å². The van der Waals surface area contributed by atoms with Crippen molar-refractivity contribution < 1.29 is 13.2 Å². The lowest BCUT2D eigenvalue weighted by molar-refractivity contribution is 0.113. The Hall–Kier alpha value is -1.22. The van der Waals surface area contributed by atoms with E-state index >= 15 is 0 Å². The van der Waals surface area contributed by atoms with E-state index in [1.807, 2.05) is 37.8 Å². The smallest absolute Gasteiger partial charge is 0.243 e. The minimum Gasteiger partial charge on any atom is -0.376 e. The molecule has 2 aliphatic heterocycles. The van der Waals surface area contributed by atoms with Gasteiger partial charge in [0.25, 0.3) is 0 Å². The second-order valence-electron chi connectivity index (χ2n) is 7.44. The average Bonchev–Trinajstić information content (AvgIpc) is 3.12. The zero-order chi connectivity index (χ0) is 19.6. The molecule has 6 nitrogen and oxygen atoms in total. The molecule has 2 saturated heterocycles. The van der Waals surface area contributed by atoms with E-state index in [0.717, 1.165) is 42.7 Å². The molecule has 0 saturated carbocycles. The van der Waals surface area contributed by atoms with Crippen LogP contribution in [0.2, 0.25) is 0 Å². The third-order valence-corrected chi connectivity index (χ3v) is 7.84. The maximum absolute atomic E-state index is 13.2. The van der Waals surface area contributed by atoms with E-state index in [4.69, 9.17) is 17.0 Å². The zero-order valence-electron chi connectivity index (χ0n) is 16.3. The summed E-state index contributed by atoms with van der Waals surface area (Å²) in [6.45, 7) is 9.35. The summed E-state index contributed by atoms with van der Waals surface area (Å²) in [7, 11) is -3.49. The number of hydrogen-bond acceptors (Lipinski definition) is 4. The van der Waals surface area contributed by atoms with Crippen molar-refractivity contribution in [3.05, 3.63) is 28.8 Å². The largest absolute Gasteiger partial charge is 0.376 e. The van der Waals surface area contributed by atoms with Gasteiger partial charge in [0, 0.05) is 39.3 Å². The second kappa shape index (κ2) is 8.43. The molecule has 2 aliphatic rings. The fourth-order valence-electron chi connectivity index (χ4n) is 3.95. The lowest BCUT2D eigenvalue weighted by atomic mass is 10.1. The fourth-order valence-corrected chi connectivity index (χ4v) is 6.05. The van der Waals surface area contributed by atoms with E-state index in [1.54, 1.807) is 4.31 Å². The molecule has 1 N–H and O–H groups in total. The van der Waals surface area contributed by atoms with Gasteiger partial charge in [-0.25, -0.2) is 8.42 Å². The molecule has 0 unspecified atom stereocenters.